The van der Waals surface area contributed by atoms with E-state index in [9.17, 15) is 0 Å². The molecule has 0 heterocycles. The summed E-state index contributed by atoms with van der Waals surface area (Å²) in [5, 5.41) is 7.76. The molecule has 3 N–H and O–H groups in total. The Labute approximate surface area is 94.0 Å². The molecule has 0 saturated carbocycles. The lowest BCUT2D eigenvalue weighted by Gasteiger charge is -1.67. The number of aliphatic hydroxyl groups excluding tert-OH is 1. The van der Waals surface area contributed by atoms with Crippen molar-refractivity contribution in [3.05, 3.63) is 48.4 Å². The van der Waals surface area contributed by atoms with Crippen molar-refractivity contribution in [3.8, 4) is 0 Å². The van der Waals surface area contributed by atoms with Crippen molar-refractivity contribution in [2.75, 3.05) is 6.61 Å². The summed E-state index contributed by atoms with van der Waals surface area (Å²) in [4.78, 5) is 0. The average Bonchev–Trinajstić information content (AvgIpc) is 2.19. The van der Waals surface area contributed by atoms with Crippen molar-refractivity contribution in [3.63, 3.8) is 0 Å². The summed E-state index contributed by atoms with van der Waals surface area (Å²) < 4.78 is 0. The zero-order valence-corrected chi connectivity index (χ0v) is 10.4. The van der Waals surface area contributed by atoms with Crippen molar-refractivity contribution in [1.29, 1.82) is 0 Å². The van der Waals surface area contributed by atoms with E-state index in [-0.39, 0.29) is 12.1 Å². The van der Waals surface area contributed by atoms with E-state index in [1.165, 1.54) is 6.08 Å². The van der Waals surface area contributed by atoms with E-state index in [2.05, 4.69) is 31.2 Å². The van der Waals surface area contributed by atoms with Gasteiger partial charge in [-0.25, -0.2) is 0 Å². The van der Waals surface area contributed by atoms with Crippen LogP contribution in [0.4, 0.5) is 0 Å². The molecule has 0 fully saturated rings. The maximum Gasteiger partial charge on any atom is 0.0609 e. The van der Waals surface area contributed by atoms with Gasteiger partial charge in [-0.05, 0) is 38.8 Å². The Morgan fingerprint density at radius 2 is 1.20 bits per heavy atom. The maximum atomic E-state index is 7.76. The fourth-order valence-corrected chi connectivity index (χ4v) is 0. The number of allylic oxidation sites excluding steroid dienone is 2. The molecule has 0 saturated heterocycles. The highest BCUT2D eigenvalue weighted by Crippen LogP contribution is 1.78. The standard InChI is InChI=1S/2C5H8.C3H6O.H2O/c2*1-4-5(2)3;1-2-3-4;/h2*1H2,2-3H3;2,4H,1,3H2;1H2. The predicted octanol–water partition coefficient (Wildman–Crippen LogP) is 2.82. The first-order valence-electron chi connectivity index (χ1n) is 4.34. The first kappa shape index (κ1) is 23.5. The molecule has 0 aromatic heterocycles. The Kier molecular flexibility index (Phi) is 36.0. The quantitative estimate of drug-likeness (QED) is 0.527. The van der Waals surface area contributed by atoms with Crippen LogP contribution in [-0.4, -0.2) is 17.2 Å². The van der Waals surface area contributed by atoms with Crippen LogP contribution in [0.25, 0.3) is 0 Å². The zero-order valence-electron chi connectivity index (χ0n) is 10.4. The molecule has 0 spiro atoms. The summed E-state index contributed by atoms with van der Waals surface area (Å²) >= 11 is 0. The van der Waals surface area contributed by atoms with E-state index in [1.54, 1.807) is 0 Å². The monoisotopic (exact) mass is 212 g/mol. The molecule has 88 valence electrons. The second-order valence-corrected chi connectivity index (χ2v) is 2.82. The molecule has 0 aliphatic carbocycles. The zero-order chi connectivity index (χ0) is 12.0. The summed E-state index contributed by atoms with van der Waals surface area (Å²) in [6.45, 7) is 18.0. The van der Waals surface area contributed by atoms with Crippen LogP contribution in [0.5, 0.6) is 0 Å². The summed E-state index contributed by atoms with van der Waals surface area (Å²) in [6, 6.07) is 0. The van der Waals surface area contributed by atoms with Crippen molar-refractivity contribution in [2.24, 2.45) is 0 Å². The van der Waals surface area contributed by atoms with Gasteiger partial charge in [-0.3, -0.25) is 0 Å². The van der Waals surface area contributed by atoms with Crippen LogP contribution in [0.1, 0.15) is 27.7 Å². The minimum atomic E-state index is 0. The predicted molar refractivity (Wildman–Crippen MR) is 68.9 cm³/mol. The van der Waals surface area contributed by atoms with Crippen LogP contribution >= 0.6 is 0 Å². The highest BCUT2D eigenvalue weighted by molar-refractivity contribution is 4.87. The molecule has 0 rings (SSSR count). The van der Waals surface area contributed by atoms with Crippen LogP contribution in [0.2, 0.25) is 0 Å². The van der Waals surface area contributed by atoms with E-state index < -0.39 is 0 Å². The molecule has 2 nitrogen and oxygen atoms in total. The van der Waals surface area contributed by atoms with Crippen molar-refractivity contribution in [2.45, 2.75) is 27.7 Å². The third kappa shape index (κ3) is 106. The van der Waals surface area contributed by atoms with Gasteiger partial charge in [0.1, 0.15) is 0 Å². The first-order valence-corrected chi connectivity index (χ1v) is 4.34. The molecule has 0 bridgehead atoms. The fourth-order valence-electron chi connectivity index (χ4n) is 0. The molecule has 0 radical (unpaired) electrons. The molecule has 2 heteroatoms. The van der Waals surface area contributed by atoms with Gasteiger partial charge in [0.25, 0.3) is 0 Å². The van der Waals surface area contributed by atoms with E-state index in [4.69, 9.17) is 5.11 Å². The fraction of sp³-hybridized carbons (Fsp3) is 0.385. The summed E-state index contributed by atoms with van der Waals surface area (Å²) in [7, 11) is 0. The topological polar surface area (TPSA) is 51.7 Å². The van der Waals surface area contributed by atoms with Crippen LogP contribution in [0, 0.1) is 0 Å². The van der Waals surface area contributed by atoms with Crippen molar-refractivity contribution >= 4 is 0 Å². The maximum absolute atomic E-state index is 7.76. The van der Waals surface area contributed by atoms with Gasteiger partial charge in [0.05, 0.1) is 6.61 Å². The average molecular weight is 212 g/mol. The Bertz CT molecular complexity index is 197. The SMILES string of the molecule is C=C=C(C)C.C=C=C(C)C.C=CCO.O. The van der Waals surface area contributed by atoms with Gasteiger partial charge in [-0.15, -0.1) is 18.0 Å². The second-order valence-electron chi connectivity index (χ2n) is 2.82. The van der Waals surface area contributed by atoms with Crippen LogP contribution < -0.4 is 0 Å². The lowest BCUT2D eigenvalue weighted by molar-refractivity contribution is 0.343. The van der Waals surface area contributed by atoms with Gasteiger partial charge in [0, 0.05) is 0 Å². The summed E-state index contributed by atoms with van der Waals surface area (Å²) in [5.41, 5.74) is 7.68. The highest BCUT2D eigenvalue weighted by Gasteiger charge is 1.58. The van der Waals surface area contributed by atoms with E-state index in [0.29, 0.717) is 0 Å². The molecular formula is C13H24O2. The number of aliphatic hydroxyl groups is 1. The van der Waals surface area contributed by atoms with Crippen molar-refractivity contribution in [1.82, 2.24) is 0 Å². The Balaban J connectivity index is -0.0000000590. The van der Waals surface area contributed by atoms with Gasteiger partial charge >= 0.3 is 0 Å². The molecule has 0 aromatic carbocycles. The lowest BCUT2D eigenvalue weighted by atomic mass is 10.4. The molecule has 0 aliphatic rings. The largest absolute Gasteiger partial charge is 0.412 e. The third-order valence-electron chi connectivity index (χ3n) is 0.836. The molecule has 15 heavy (non-hydrogen) atoms. The summed E-state index contributed by atoms with van der Waals surface area (Å²) in [5.74, 6) is 0. The first-order chi connectivity index (χ1) is 6.45. The lowest BCUT2D eigenvalue weighted by Crippen LogP contribution is -1.62. The van der Waals surface area contributed by atoms with Crippen molar-refractivity contribution < 1.29 is 10.6 Å². The minimum Gasteiger partial charge on any atom is -0.412 e. The van der Waals surface area contributed by atoms with Gasteiger partial charge in [-0.2, -0.15) is 0 Å². The van der Waals surface area contributed by atoms with Crippen LogP contribution in [-0.2, 0) is 0 Å². The van der Waals surface area contributed by atoms with Crippen LogP contribution in [0.15, 0.2) is 48.4 Å². The van der Waals surface area contributed by atoms with Gasteiger partial charge < -0.3 is 10.6 Å². The van der Waals surface area contributed by atoms with E-state index >= 15 is 0 Å². The highest BCUT2D eigenvalue weighted by atomic mass is 16.2. The van der Waals surface area contributed by atoms with Gasteiger partial charge in [0.15, 0.2) is 0 Å². The Morgan fingerprint density at radius 3 is 1.20 bits per heavy atom. The Morgan fingerprint density at radius 1 is 1.07 bits per heavy atom. The number of rotatable bonds is 1. The smallest absolute Gasteiger partial charge is 0.0609 e. The number of hydrogen-bond acceptors (Lipinski definition) is 1. The molecule has 0 amide bonds. The molecule has 0 aromatic rings. The minimum absolute atomic E-state index is 0. The van der Waals surface area contributed by atoms with Gasteiger partial charge in [0.2, 0.25) is 0 Å². The van der Waals surface area contributed by atoms with E-state index in [0.717, 1.165) is 11.1 Å². The molecule has 0 aliphatic heterocycles. The Hall–Kier alpha value is -1.30. The summed E-state index contributed by atoms with van der Waals surface area (Å²) in [6.07, 6.45) is 1.43. The third-order valence-corrected chi connectivity index (χ3v) is 0.836. The molecular weight excluding hydrogens is 188 g/mol. The molecule has 0 unspecified atom stereocenters. The normalized spacial score (nSPS) is 5.67. The second kappa shape index (κ2) is 23.0. The van der Waals surface area contributed by atoms with E-state index in [1.807, 2.05) is 27.7 Å². The molecule has 0 atom stereocenters. The van der Waals surface area contributed by atoms with Gasteiger partial charge in [-0.1, -0.05) is 19.2 Å². The van der Waals surface area contributed by atoms with Crippen LogP contribution in [0.3, 0.4) is 0 Å². The number of hydrogen-bond donors (Lipinski definition) is 1.